The average molecular weight is 273 g/mol. The summed E-state index contributed by atoms with van der Waals surface area (Å²) < 4.78 is 13.7. The number of rotatable bonds is 6. The Morgan fingerprint density at radius 2 is 1.85 bits per heavy atom. The summed E-state index contributed by atoms with van der Waals surface area (Å²) in [5.74, 6) is -0.209. The van der Waals surface area contributed by atoms with Crippen LogP contribution in [0, 0.1) is 5.82 Å². The van der Waals surface area contributed by atoms with Gasteiger partial charge in [-0.2, -0.15) is 0 Å². The Kier molecular flexibility index (Phi) is 5.07. The molecular formula is C16H20FN3. The van der Waals surface area contributed by atoms with E-state index in [2.05, 4.69) is 17.2 Å². The van der Waals surface area contributed by atoms with Crippen LogP contribution in [0.15, 0.2) is 42.5 Å². The van der Waals surface area contributed by atoms with Crippen LogP contribution in [0.3, 0.4) is 0 Å². The molecule has 0 radical (unpaired) electrons. The van der Waals surface area contributed by atoms with E-state index >= 15 is 0 Å². The van der Waals surface area contributed by atoms with Crippen LogP contribution < -0.4 is 10.2 Å². The van der Waals surface area contributed by atoms with Crippen molar-refractivity contribution in [3.8, 4) is 0 Å². The number of halogens is 1. The molecule has 2 aromatic rings. The van der Waals surface area contributed by atoms with E-state index in [1.54, 1.807) is 12.1 Å². The second-order valence-corrected chi connectivity index (χ2v) is 4.71. The first-order valence-electron chi connectivity index (χ1n) is 6.82. The molecule has 0 unspecified atom stereocenters. The fraction of sp³-hybridized carbons (Fsp3) is 0.312. The maximum absolute atomic E-state index is 13.7. The number of nitrogens with zero attached hydrogens (tertiary/aromatic N) is 2. The van der Waals surface area contributed by atoms with E-state index in [-0.39, 0.29) is 5.82 Å². The number of nitrogens with one attached hydrogen (secondary N) is 1. The van der Waals surface area contributed by atoms with Gasteiger partial charge in [-0.25, -0.2) is 4.39 Å². The van der Waals surface area contributed by atoms with Crippen molar-refractivity contribution in [2.45, 2.75) is 20.0 Å². The van der Waals surface area contributed by atoms with Crippen LogP contribution in [-0.2, 0) is 13.1 Å². The van der Waals surface area contributed by atoms with Gasteiger partial charge in [-0.3, -0.25) is 4.98 Å². The molecule has 106 valence electrons. The van der Waals surface area contributed by atoms with Crippen LogP contribution in [0.5, 0.6) is 0 Å². The lowest BCUT2D eigenvalue weighted by Gasteiger charge is -2.19. The molecule has 0 spiro atoms. The zero-order valence-corrected chi connectivity index (χ0v) is 11.9. The molecular weight excluding hydrogens is 253 g/mol. The molecule has 1 heterocycles. The van der Waals surface area contributed by atoms with Crippen molar-refractivity contribution < 1.29 is 4.39 Å². The molecule has 1 aromatic carbocycles. The summed E-state index contributed by atoms with van der Waals surface area (Å²) in [6.07, 6.45) is 0. The summed E-state index contributed by atoms with van der Waals surface area (Å²) in [6.45, 7) is 4.32. The van der Waals surface area contributed by atoms with Crippen molar-refractivity contribution in [1.29, 1.82) is 0 Å². The summed E-state index contributed by atoms with van der Waals surface area (Å²) in [7, 11) is 1.87. The highest BCUT2D eigenvalue weighted by molar-refractivity contribution is 5.46. The quantitative estimate of drug-likeness (QED) is 0.877. The summed E-state index contributed by atoms with van der Waals surface area (Å²) in [5, 5.41) is 3.25. The van der Waals surface area contributed by atoms with E-state index in [1.165, 1.54) is 6.07 Å². The van der Waals surface area contributed by atoms with E-state index in [4.69, 9.17) is 0 Å². The number of para-hydroxylation sites is 1. The van der Waals surface area contributed by atoms with Crippen LogP contribution >= 0.6 is 0 Å². The Hall–Kier alpha value is -1.94. The smallest absolute Gasteiger partial charge is 0.146 e. The second kappa shape index (κ2) is 7.01. The number of pyridine rings is 1. The van der Waals surface area contributed by atoms with Crippen LogP contribution in [0.2, 0.25) is 0 Å². The summed E-state index contributed by atoms with van der Waals surface area (Å²) in [6, 6.07) is 12.7. The molecule has 4 heteroatoms. The molecule has 0 aliphatic heterocycles. The third-order valence-electron chi connectivity index (χ3n) is 3.08. The van der Waals surface area contributed by atoms with Gasteiger partial charge in [0.1, 0.15) is 5.82 Å². The molecule has 3 nitrogen and oxygen atoms in total. The van der Waals surface area contributed by atoms with Gasteiger partial charge < -0.3 is 10.2 Å². The normalized spacial score (nSPS) is 10.6. The number of benzene rings is 1. The van der Waals surface area contributed by atoms with E-state index < -0.39 is 0 Å². The molecule has 0 amide bonds. The van der Waals surface area contributed by atoms with E-state index in [1.807, 2.05) is 36.2 Å². The number of hydrogen-bond donors (Lipinski definition) is 1. The Balaban J connectivity index is 2.08. The van der Waals surface area contributed by atoms with E-state index in [9.17, 15) is 4.39 Å². The van der Waals surface area contributed by atoms with Crippen molar-refractivity contribution >= 4 is 5.69 Å². The highest BCUT2D eigenvalue weighted by atomic mass is 19.1. The Bertz CT molecular complexity index is 557. The molecule has 0 aliphatic carbocycles. The fourth-order valence-electron chi connectivity index (χ4n) is 2.06. The van der Waals surface area contributed by atoms with Crippen LogP contribution in [0.1, 0.15) is 18.3 Å². The highest BCUT2D eigenvalue weighted by Crippen LogP contribution is 2.18. The maximum Gasteiger partial charge on any atom is 0.146 e. The zero-order chi connectivity index (χ0) is 14.4. The van der Waals surface area contributed by atoms with Crippen molar-refractivity contribution in [3.05, 3.63) is 59.7 Å². The molecule has 2 rings (SSSR count). The monoisotopic (exact) mass is 273 g/mol. The van der Waals surface area contributed by atoms with Gasteiger partial charge in [0, 0.05) is 13.6 Å². The van der Waals surface area contributed by atoms with Gasteiger partial charge >= 0.3 is 0 Å². The van der Waals surface area contributed by atoms with Crippen LogP contribution in [-0.4, -0.2) is 18.6 Å². The van der Waals surface area contributed by atoms with Gasteiger partial charge in [0.05, 0.1) is 23.6 Å². The minimum Gasteiger partial charge on any atom is -0.366 e. The first-order chi connectivity index (χ1) is 9.70. The van der Waals surface area contributed by atoms with Gasteiger partial charge in [0.25, 0.3) is 0 Å². The number of anilines is 1. The third kappa shape index (κ3) is 3.78. The van der Waals surface area contributed by atoms with E-state index in [0.717, 1.165) is 24.5 Å². The largest absolute Gasteiger partial charge is 0.366 e. The fourth-order valence-corrected chi connectivity index (χ4v) is 2.06. The van der Waals surface area contributed by atoms with Crippen LogP contribution in [0.25, 0.3) is 0 Å². The van der Waals surface area contributed by atoms with E-state index in [0.29, 0.717) is 12.2 Å². The molecule has 1 N–H and O–H groups in total. The topological polar surface area (TPSA) is 28.2 Å². The molecule has 0 saturated heterocycles. The predicted molar refractivity (Wildman–Crippen MR) is 80.1 cm³/mol. The van der Waals surface area contributed by atoms with Crippen molar-refractivity contribution in [1.82, 2.24) is 10.3 Å². The number of hydrogen-bond acceptors (Lipinski definition) is 3. The Morgan fingerprint density at radius 1 is 1.10 bits per heavy atom. The zero-order valence-electron chi connectivity index (χ0n) is 11.9. The molecule has 1 aromatic heterocycles. The average Bonchev–Trinajstić information content (AvgIpc) is 2.46. The molecule has 0 atom stereocenters. The third-order valence-corrected chi connectivity index (χ3v) is 3.08. The predicted octanol–water partition coefficient (Wildman–Crippen LogP) is 2.97. The second-order valence-electron chi connectivity index (χ2n) is 4.71. The summed E-state index contributed by atoms with van der Waals surface area (Å²) in [4.78, 5) is 6.45. The molecule has 0 saturated carbocycles. The Morgan fingerprint density at radius 3 is 2.60 bits per heavy atom. The lowest BCUT2D eigenvalue weighted by Crippen LogP contribution is -2.19. The minimum atomic E-state index is -0.209. The van der Waals surface area contributed by atoms with Gasteiger partial charge in [0.15, 0.2) is 0 Å². The van der Waals surface area contributed by atoms with Gasteiger partial charge in [-0.05, 0) is 30.8 Å². The maximum atomic E-state index is 13.7. The number of aromatic nitrogens is 1. The van der Waals surface area contributed by atoms with Crippen molar-refractivity contribution in [2.75, 3.05) is 18.5 Å². The minimum absolute atomic E-state index is 0.209. The molecule has 0 aliphatic rings. The lowest BCUT2D eigenvalue weighted by molar-refractivity contribution is 0.621. The van der Waals surface area contributed by atoms with Gasteiger partial charge in [0.2, 0.25) is 0 Å². The first kappa shape index (κ1) is 14.5. The molecule has 0 fully saturated rings. The standard InChI is InChI=1S/C16H20FN3/c1-3-18-11-13-7-6-8-14(19-13)12-20(2)16-10-5-4-9-15(16)17/h4-10,18H,3,11-12H2,1-2H3. The van der Waals surface area contributed by atoms with Gasteiger partial charge in [-0.1, -0.05) is 25.1 Å². The molecule has 20 heavy (non-hydrogen) atoms. The first-order valence-corrected chi connectivity index (χ1v) is 6.82. The Labute approximate surface area is 119 Å². The van der Waals surface area contributed by atoms with Gasteiger partial charge in [-0.15, -0.1) is 0 Å². The highest BCUT2D eigenvalue weighted by Gasteiger charge is 2.08. The summed E-state index contributed by atoms with van der Waals surface area (Å²) in [5.41, 5.74) is 2.53. The summed E-state index contributed by atoms with van der Waals surface area (Å²) >= 11 is 0. The van der Waals surface area contributed by atoms with Crippen molar-refractivity contribution in [3.63, 3.8) is 0 Å². The lowest BCUT2D eigenvalue weighted by atomic mass is 10.2. The SMILES string of the molecule is CCNCc1cccc(CN(C)c2ccccc2F)n1. The van der Waals surface area contributed by atoms with Crippen molar-refractivity contribution in [2.24, 2.45) is 0 Å². The molecule has 0 bridgehead atoms. The van der Waals surface area contributed by atoms with Crippen LogP contribution in [0.4, 0.5) is 10.1 Å².